The monoisotopic (exact) mass is 340 g/mol. The summed E-state index contributed by atoms with van der Waals surface area (Å²) in [6, 6.07) is 7.75. The molecule has 4 rings (SSSR count). The standard InChI is InChI=1S/C17H17FN6O/c1-12-20-21-16-10-15(11-19-24(12)16)22-5-7-23(8-6-22)17(25)13-3-2-4-14(18)9-13/h2-4,9-11H,5-8H2,1H3. The average Bonchev–Trinajstić information content (AvgIpc) is 3.02. The molecule has 0 spiro atoms. The van der Waals surface area contributed by atoms with Crippen LogP contribution < -0.4 is 4.90 Å². The van der Waals surface area contributed by atoms with Gasteiger partial charge in [-0.15, -0.1) is 10.2 Å². The second-order valence-electron chi connectivity index (χ2n) is 6.02. The van der Waals surface area contributed by atoms with Crippen LogP contribution >= 0.6 is 0 Å². The smallest absolute Gasteiger partial charge is 0.254 e. The van der Waals surface area contributed by atoms with Gasteiger partial charge in [0, 0.05) is 37.8 Å². The molecule has 0 radical (unpaired) electrons. The molecular weight excluding hydrogens is 323 g/mol. The molecule has 1 aromatic carbocycles. The van der Waals surface area contributed by atoms with Gasteiger partial charge in [-0.05, 0) is 25.1 Å². The van der Waals surface area contributed by atoms with Gasteiger partial charge in [-0.25, -0.2) is 4.39 Å². The highest BCUT2D eigenvalue weighted by atomic mass is 19.1. The summed E-state index contributed by atoms with van der Waals surface area (Å²) in [6.07, 6.45) is 1.79. The van der Waals surface area contributed by atoms with Gasteiger partial charge in [-0.1, -0.05) is 6.07 Å². The van der Waals surface area contributed by atoms with Crippen LogP contribution in [0.5, 0.6) is 0 Å². The molecule has 2 aromatic heterocycles. The quantitative estimate of drug-likeness (QED) is 0.708. The van der Waals surface area contributed by atoms with Crippen molar-refractivity contribution in [1.29, 1.82) is 0 Å². The predicted octanol–water partition coefficient (Wildman–Crippen LogP) is 1.53. The summed E-state index contributed by atoms with van der Waals surface area (Å²) < 4.78 is 15.0. The molecule has 3 heterocycles. The average molecular weight is 340 g/mol. The topological polar surface area (TPSA) is 66.6 Å². The van der Waals surface area contributed by atoms with Gasteiger partial charge in [0.05, 0.1) is 11.9 Å². The third-order valence-electron chi connectivity index (χ3n) is 4.41. The van der Waals surface area contributed by atoms with E-state index in [4.69, 9.17) is 0 Å². The number of hydrogen-bond acceptors (Lipinski definition) is 5. The van der Waals surface area contributed by atoms with Gasteiger partial charge >= 0.3 is 0 Å². The molecule has 0 bridgehead atoms. The molecule has 1 amide bonds. The van der Waals surface area contributed by atoms with Crippen LogP contribution in [0.2, 0.25) is 0 Å². The number of carbonyl (C=O) groups excluding carboxylic acids is 1. The zero-order valence-corrected chi connectivity index (χ0v) is 13.8. The number of piperazine rings is 1. The van der Waals surface area contributed by atoms with E-state index in [1.54, 1.807) is 27.7 Å². The van der Waals surface area contributed by atoms with E-state index >= 15 is 0 Å². The van der Waals surface area contributed by atoms with Gasteiger partial charge in [0.25, 0.3) is 5.91 Å². The van der Waals surface area contributed by atoms with Crippen molar-refractivity contribution in [2.24, 2.45) is 0 Å². The van der Waals surface area contributed by atoms with Crippen LogP contribution in [0.15, 0.2) is 36.5 Å². The third-order valence-corrected chi connectivity index (χ3v) is 4.41. The lowest BCUT2D eigenvalue weighted by Crippen LogP contribution is -2.48. The minimum absolute atomic E-state index is 0.138. The summed E-state index contributed by atoms with van der Waals surface area (Å²) in [6.45, 7) is 4.38. The molecule has 25 heavy (non-hydrogen) atoms. The lowest BCUT2D eigenvalue weighted by atomic mass is 10.1. The Morgan fingerprint density at radius 1 is 1.12 bits per heavy atom. The summed E-state index contributed by atoms with van der Waals surface area (Å²) in [7, 11) is 0. The number of hydrogen-bond donors (Lipinski definition) is 0. The van der Waals surface area contributed by atoms with Crippen LogP contribution in [0, 0.1) is 12.7 Å². The number of benzene rings is 1. The molecule has 1 aliphatic heterocycles. The molecule has 1 aliphatic rings. The lowest BCUT2D eigenvalue weighted by Gasteiger charge is -2.35. The molecule has 0 N–H and O–H groups in total. The number of aromatic nitrogens is 4. The van der Waals surface area contributed by atoms with Gasteiger partial charge in [-0.2, -0.15) is 9.61 Å². The van der Waals surface area contributed by atoms with Crippen molar-refractivity contribution >= 4 is 17.2 Å². The first-order chi connectivity index (χ1) is 12.1. The third kappa shape index (κ3) is 2.90. The molecule has 8 heteroatoms. The van der Waals surface area contributed by atoms with Crippen molar-refractivity contribution in [3.8, 4) is 0 Å². The van der Waals surface area contributed by atoms with E-state index < -0.39 is 5.82 Å². The minimum atomic E-state index is -0.396. The summed E-state index contributed by atoms with van der Waals surface area (Å²) in [5, 5.41) is 12.5. The zero-order chi connectivity index (χ0) is 17.4. The van der Waals surface area contributed by atoms with Crippen molar-refractivity contribution in [2.45, 2.75) is 6.92 Å². The van der Waals surface area contributed by atoms with Crippen LogP contribution in [0.25, 0.3) is 5.65 Å². The van der Waals surface area contributed by atoms with Crippen molar-refractivity contribution < 1.29 is 9.18 Å². The normalized spacial score (nSPS) is 15.0. The second-order valence-corrected chi connectivity index (χ2v) is 6.02. The van der Waals surface area contributed by atoms with E-state index in [0.29, 0.717) is 37.4 Å². The largest absolute Gasteiger partial charge is 0.367 e. The molecule has 7 nitrogen and oxygen atoms in total. The second kappa shape index (κ2) is 6.12. The number of fused-ring (bicyclic) bond motifs is 1. The van der Waals surface area contributed by atoms with Crippen LogP contribution in [0.1, 0.15) is 16.2 Å². The van der Waals surface area contributed by atoms with Gasteiger partial charge < -0.3 is 9.80 Å². The summed E-state index contributed by atoms with van der Waals surface area (Å²) in [5.41, 5.74) is 2.04. The summed E-state index contributed by atoms with van der Waals surface area (Å²) in [4.78, 5) is 16.4. The fraction of sp³-hybridized carbons (Fsp3) is 0.294. The van der Waals surface area contributed by atoms with Gasteiger partial charge in [0.15, 0.2) is 11.5 Å². The first-order valence-electron chi connectivity index (χ1n) is 8.10. The molecule has 0 saturated carbocycles. The SMILES string of the molecule is Cc1nnc2cc(N3CCN(C(=O)c4cccc(F)c4)CC3)cnn12. The van der Waals surface area contributed by atoms with E-state index in [1.165, 1.54) is 12.1 Å². The maximum absolute atomic E-state index is 13.3. The summed E-state index contributed by atoms with van der Waals surface area (Å²) >= 11 is 0. The maximum atomic E-state index is 13.3. The highest BCUT2D eigenvalue weighted by Crippen LogP contribution is 2.18. The first-order valence-corrected chi connectivity index (χ1v) is 8.10. The van der Waals surface area contributed by atoms with E-state index in [1.807, 2.05) is 13.0 Å². The highest BCUT2D eigenvalue weighted by molar-refractivity contribution is 5.94. The Morgan fingerprint density at radius 2 is 1.92 bits per heavy atom. The molecule has 0 aliphatic carbocycles. The number of amides is 1. The number of anilines is 1. The van der Waals surface area contributed by atoms with Crippen molar-refractivity contribution in [2.75, 3.05) is 31.1 Å². The predicted molar refractivity (Wildman–Crippen MR) is 90.0 cm³/mol. The first kappa shape index (κ1) is 15.5. The Hall–Kier alpha value is -3.03. The van der Waals surface area contributed by atoms with Gasteiger partial charge in [0.1, 0.15) is 5.82 Å². The molecule has 1 saturated heterocycles. The van der Waals surface area contributed by atoms with Crippen molar-refractivity contribution in [1.82, 2.24) is 24.7 Å². The Balaban J connectivity index is 1.46. The number of halogens is 1. The molecule has 1 fully saturated rings. The molecule has 0 atom stereocenters. The lowest BCUT2D eigenvalue weighted by molar-refractivity contribution is 0.0746. The Bertz CT molecular complexity index is 932. The fourth-order valence-electron chi connectivity index (χ4n) is 3.04. The molecule has 3 aromatic rings. The Kier molecular flexibility index (Phi) is 3.79. The molecular formula is C17H17FN6O. The Morgan fingerprint density at radius 3 is 2.68 bits per heavy atom. The zero-order valence-electron chi connectivity index (χ0n) is 13.8. The number of aryl methyl sites for hydroxylation is 1. The number of nitrogens with zero attached hydrogens (tertiary/aromatic N) is 6. The highest BCUT2D eigenvalue weighted by Gasteiger charge is 2.23. The minimum Gasteiger partial charge on any atom is -0.367 e. The van der Waals surface area contributed by atoms with E-state index in [2.05, 4.69) is 20.2 Å². The van der Waals surface area contributed by atoms with Crippen LogP contribution in [-0.4, -0.2) is 56.8 Å². The van der Waals surface area contributed by atoms with Crippen molar-refractivity contribution in [3.05, 3.63) is 53.7 Å². The van der Waals surface area contributed by atoms with Crippen LogP contribution in [0.3, 0.4) is 0 Å². The fourth-order valence-corrected chi connectivity index (χ4v) is 3.04. The maximum Gasteiger partial charge on any atom is 0.254 e. The van der Waals surface area contributed by atoms with Gasteiger partial charge in [0.2, 0.25) is 0 Å². The number of rotatable bonds is 2. The van der Waals surface area contributed by atoms with E-state index in [-0.39, 0.29) is 5.91 Å². The van der Waals surface area contributed by atoms with Crippen LogP contribution in [-0.2, 0) is 0 Å². The number of carbonyl (C=O) groups is 1. The Labute approximate surface area is 143 Å². The summed E-state index contributed by atoms with van der Waals surface area (Å²) in [5.74, 6) is 0.209. The van der Waals surface area contributed by atoms with E-state index in [0.717, 1.165) is 11.5 Å². The van der Waals surface area contributed by atoms with E-state index in [9.17, 15) is 9.18 Å². The van der Waals surface area contributed by atoms with Gasteiger partial charge in [-0.3, -0.25) is 4.79 Å². The molecule has 0 unspecified atom stereocenters. The molecule has 128 valence electrons. The van der Waals surface area contributed by atoms with Crippen LogP contribution in [0.4, 0.5) is 10.1 Å². The van der Waals surface area contributed by atoms with Crippen molar-refractivity contribution in [3.63, 3.8) is 0 Å².